The van der Waals surface area contributed by atoms with Crippen LogP contribution in [0.2, 0.25) is 0 Å². The van der Waals surface area contributed by atoms with E-state index in [1.54, 1.807) is 6.07 Å². The van der Waals surface area contributed by atoms with Crippen LogP contribution in [0.5, 0.6) is 0 Å². The Bertz CT molecular complexity index is 569. The molecule has 1 fully saturated rings. The zero-order valence-electron chi connectivity index (χ0n) is 12.4. The van der Waals surface area contributed by atoms with E-state index in [4.69, 9.17) is 5.11 Å². The number of nitrogens with one attached hydrogen (secondary N) is 1. The Hall–Kier alpha value is -1.78. The summed E-state index contributed by atoms with van der Waals surface area (Å²) in [6, 6.07) is 5.09. The predicted octanol–water partition coefficient (Wildman–Crippen LogP) is 2.97. The fraction of sp³-hybridized carbons (Fsp3) is 0.562. The van der Waals surface area contributed by atoms with E-state index in [9.17, 15) is 9.18 Å². The maximum atomic E-state index is 13.5. The maximum absolute atomic E-state index is 13.5. The average Bonchev–Trinajstić information content (AvgIpc) is 3.18. The van der Waals surface area contributed by atoms with Crippen molar-refractivity contribution in [2.75, 3.05) is 18.0 Å². The quantitative estimate of drug-likeness (QED) is 0.897. The first-order chi connectivity index (χ1) is 9.88. The lowest BCUT2D eigenvalue weighted by Gasteiger charge is -2.32. The number of nitrogens with zero attached hydrogens (tertiary/aromatic N) is 1. The summed E-state index contributed by atoms with van der Waals surface area (Å²) in [6.07, 6.45) is 1.29. The molecular formula is C16H21FN2O2. The fourth-order valence-electron chi connectivity index (χ4n) is 3.40. The molecule has 0 radical (unpaired) electrons. The van der Waals surface area contributed by atoms with Crippen molar-refractivity contribution >= 4 is 11.8 Å². The first kappa shape index (κ1) is 14.2. The lowest BCUT2D eigenvalue weighted by molar-refractivity contribution is 0.193. The maximum Gasteiger partial charge on any atom is 0.404 e. The molecule has 5 heteroatoms. The molecule has 0 spiro atoms. The van der Waals surface area contributed by atoms with Crippen LogP contribution in [0, 0.1) is 11.7 Å². The minimum Gasteiger partial charge on any atom is -0.465 e. The van der Waals surface area contributed by atoms with Gasteiger partial charge in [-0.05, 0) is 42.5 Å². The van der Waals surface area contributed by atoms with Crippen LogP contribution < -0.4 is 10.2 Å². The van der Waals surface area contributed by atoms with Crippen molar-refractivity contribution < 1.29 is 14.3 Å². The minimum absolute atomic E-state index is 0.117. The van der Waals surface area contributed by atoms with Gasteiger partial charge < -0.3 is 15.3 Å². The molecule has 1 amide bonds. The largest absolute Gasteiger partial charge is 0.465 e. The van der Waals surface area contributed by atoms with Crippen LogP contribution in [-0.2, 0) is 5.41 Å². The molecule has 2 N–H and O–H groups in total. The van der Waals surface area contributed by atoms with E-state index < -0.39 is 6.09 Å². The molecule has 1 aliphatic carbocycles. The molecule has 1 aromatic rings. The molecule has 1 heterocycles. The molecule has 0 saturated heterocycles. The van der Waals surface area contributed by atoms with E-state index in [0.717, 1.165) is 30.6 Å². The number of fused-ring (bicyclic) bond motifs is 1. The molecule has 21 heavy (non-hydrogen) atoms. The molecule has 4 nitrogen and oxygen atoms in total. The van der Waals surface area contributed by atoms with Gasteiger partial charge in [-0.15, -0.1) is 0 Å². The zero-order chi connectivity index (χ0) is 15.2. The third-order valence-electron chi connectivity index (χ3n) is 4.59. The van der Waals surface area contributed by atoms with Crippen LogP contribution in [0.25, 0.3) is 0 Å². The summed E-state index contributed by atoms with van der Waals surface area (Å²) < 4.78 is 13.5. The van der Waals surface area contributed by atoms with Crippen LogP contribution in [0.4, 0.5) is 14.9 Å². The second-order valence-corrected chi connectivity index (χ2v) is 6.76. The molecule has 1 aromatic carbocycles. The smallest absolute Gasteiger partial charge is 0.404 e. The molecule has 2 aliphatic rings. The number of hydrogen-bond acceptors (Lipinski definition) is 2. The van der Waals surface area contributed by atoms with Gasteiger partial charge in [-0.3, -0.25) is 0 Å². The fourth-order valence-corrected chi connectivity index (χ4v) is 3.40. The molecule has 114 valence electrons. The Morgan fingerprint density at radius 2 is 2.24 bits per heavy atom. The third-order valence-corrected chi connectivity index (χ3v) is 4.59. The van der Waals surface area contributed by atoms with Crippen LogP contribution >= 0.6 is 0 Å². The number of halogens is 1. The molecule has 1 aliphatic heterocycles. The van der Waals surface area contributed by atoms with Gasteiger partial charge in [-0.25, -0.2) is 9.18 Å². The van der Waals surface area contributed by atoms with Crippen LogP contribution in [0.15, 0.2) is 18.2 Å². The molecular weight excluding hydrogens is 271 g/mol. The van der Waals surface area contributed by atoms with Gasteiger partial charge in [0.15, 0.2) is 0 Å². The number of benzene rings is 1. The molecule has 1 unspecified atom stereocenters. The first-order valence-corrected chi connectivity index (χ1v) is 7.42. The molecule has 1 atom stereocenters. The van der Waals surface area contributed by atoms with Gasteiger partial charge in [0.25, 0.3) is 0 Å². The minimum atomic E-state index is -0.988. The molecule has 0 aromatic heterocycles. The Labute approximate surface area is 124 Å². The van der Waals surface area contributed by atoms with E-state index in [0.29, 0.717) is 12.5 Å². The number of carboxylic acid groups (broad SMARTS) is 1. The monoisotopic (exact) mass is 292 g/mol. The average molecular weight is 292 g/mol. The van der Waals surface area contributed by atoms with Gasteiger partial charge >= 0.3 is 6.09 Å². The summed E-state index contributed by atoms with van der Waals surface area (Å²) in [6.45, 7) is 5.45. The van der Waals surface area contributed by atoms with Crippen LogP contribution in [-0.4, -0.2) is 30.3 Å². The molecule has 0 bridgehead atoms. The third kappa shape index (κ3) is 2.69. The molecule has 3 rings (SSSR count). The highest BCUT2D eigenvalue weighted by molar-refractivity contribution is 5.66. The van der Waals surface area contributed by atoms with Gasteiger partial charge in [-0.1, -0.05) is 13.8 Å². The van der Waals surface area contributed by atoms with Gasteiger partial charge in [0.1, 0.15) is 5.82 Å². The highest BCUT2D eigenvalue weighted by Gasteiger charge is 2.43. The number of anilines is 1. The number of rotatable bonds is 4. The van der Waals surface area contributed by atoms with E-state index >= 15 is 0 Å². The van der Waals surface area contributed by atoms with E-state index in [2.05, 4.69) is 24.1 Å². The Balaban J connectivity index is 1.90. The van der Waals surface area contributed by atoms with E-state index in [1.165, 1.54) is 6.07 Å². The standard InChI is InChI=1S/C16H21FN2O2/c1-16(2)9-19(13-6-5-11(17)7-12(13)16)14(10-3-4-10)8-18-15(20)21/h5-7,10,14,18H,3-4,8-9H2,1-2H3,(H,20,21). The van der Waals surface area contributed by atoms with Crippen molar-refractivity contribution in [3.05, 3.63) is 29.6 Å². The zero-order valence-corrected chi connectivity index (χ0v) is 12.4. The lowest BCUT2D eigenvalue weighted by Crippen LogP contribution is -2.46. The Morgan fingerprint density at radius 1 is 1.52 bits per heavy atom. The summed E-state index contributed by atoms with van der Waals surface area (Å²) in [5.74, 6) is 0.318. The lowest BCUT2D eigenvalue weighted by atomic mass is 9.87. The summed E-state index contributed by atoms with van der Waals surface area (Å²) >= 11 is 0. The second-order valence-electron chi connectivity index (χ2n) is 6.76. The summed E-state index contributed by atoms with van der Waals surface area (Å²) in [5.41, 5.74) is 1.95. The number of carbonyl (C=O) groups is 1. The topological polar surface area (TPSA) is 52.6 Å². The Morgan fingerprint density at radius 3 is 2.86 bits per heavy atom. The van der Waals surface area contributed by atoms with E-state index in [-0.39, 0.29) is 17.3 Å². The summed E-state index contributed by atoms with van der Waals surface area (Å²) in [4.78, 5) is 13.1. The normalized spacial score (nSPS) is 21.0. The highest BCUT2D eigenvalue weighted by atomic mass is 19.1. The number of hydrogen-bond donors (Lipinski definition) is 2. The van der Waals surface area contributed by atoms with Crippen molar-refractivity contribution in [1.29, 1.82) is 0 Å². The molecule has 1 saturated carbocycles. The van der Waals surface area contributed by atoms with Gasteiger partial charge in [0, 0.05) is 30.2 Å². The highest BCUT2D eigenvalue weighted by Crippen LogP contribution is 2.45. The first-order valence-electron chi connectivity index (χ1n) is 7.42. The SMILES string of the molecule is CC1(C)CN(C(CNC(=O)O)C2CC2)c2ccc(F)cc21. The summed E-state index contributed by atoms with van der Waals surface area (Å²) in [7, 11) is 0. The van der Waals surface area contributed by atoms with Gasteiger partial charge in [0.2, 0.25) is 0 Å². The van der Waals surface area contributed by atoms with Crippen LogP contribution in [0.3, 0.4) is 0 Å². The predicted molar refractivity (Wildman–Crippen MR) is 79.3 cm³/mol. The number of amides is 1. The van der Waals surface area contributed by atoms with Gasteiger partial charge in [0.05, 0.1) is 0 Å². The van der Waals surface area contributed by atoms with Crippen LogP contribution in [0.1, 0.15) is 32.3 Å². The van der Waals surface area contributed by atoms with Crippen molar-refractivity contribution in [1.82, 2.24) is 5.32 Å². The van der Waals surface area contributed by atoms with Crippen molar-refractivity contribution in [2.45, 2.75) is 38.1 Å². The second kappa shape index (κ2) is 4.90. The van der Waals surface area contributed by atoms with Crippen molar-refractivity contribution in [2.24, 2.45) is 5.92 Å². The summed E-state index contributed by atoms with van der Waals surface area (Å²) in [5, 5.41) is 11.4. The Kier molecular flexibility index (Phi) is 3.30. The van der Waals surface area contributed by atoms with Gasteiger partial charge in [-0.2, -0.15) is 0 Å². The van der Waals surface area contributed by atoms with E-state index in [1.807, 2.05) is 6.07 Å². The van der Waals surface area contributed by atoms with Crippen molar-refractivity contribution in [3.63, 3.8) is 0 Å². The van der Waals surface area contributed by atoms with Crippen molar-refractivity contribution in [3.8, 4) is 0 Å².